The Kier molecular flexibility index (Phi) is 11.6. The van der Waals surface area contributed by atoms with Crippen LogP contribution in [0.2, 0.25) is 0 Å². The smallest absolute Gasteiger partial charge is 0.310 e. The van der Waals surface area contributed by atoms with Crippen molar-refractivity contribution in [2.45, 2.75) is 80.1 Å². The van der Waals surface area contributed by atoms with Crippen molar-refractivity contribution in [1.82, 2.24) is 19.9 Å². The minimum absolute atomic E-state index is 0.437. The van der Waals surface area contributed by atoms with E-state index in [1.807, 2.05) is 59.5 Å². The summed E-state index contributed by atoms with van der Waals surface area (Å²) < 4.78 is 6.30. The molecule has 0 aliphatic rings. The van der Waals surface area contributed by atoms with E-state index in [0.717, 1.165) is 62.2 Å². The summed E-state index contributed by atoms with van der Waals surface area (Å²) in [7, 11) is 0. The van der Waals surface area contributed by atoms with Gasteiger partial charge in [-0.3, -0.25) is 0 Å². The number of para-hydroxylation sites is 3. The number of oxazole rings is 1. The van der Waals surface area contributed by atoms with Gasteiger partial charge in [0.15, 0.2) is 5.58 Å². The van der Waals surface area contributed by atoms with Crippen molar-refractivity contribution in [3.63, 3.8) is 0 Å². The van der Waals surface area contributed by atoms with E-state index in [9.17, 15) is 0 Å². The van der Waals surface area contributed by atoms with Gasteiger partial charge in [0, 0.05) is 26.2 Å². The zero-order chi connectivity index (χ0) is 29.9. The van der Waals surface area contributed by atoms with Crippen LogP contribution in [0.25, 0.3) is 11.1 Å². The Morgan fingerprint density at radius 2 is 1.26 bits per heavy atom. The first-order valence-electron chi connectivity index (χ1n) is 15.9. The molecule has 0 saturated heterocycles. The van der Waals surface area contributed by atoms with E-state index in [1.165, 1.54) is 19.3 Å². The predicted octanol–water partition coefficient (Wildman–Crippen LogP) is 8.79. The number of hydrogen-bond acceptors (Lipinski definition) is 8. The average molecular weight is 572 g/mol. The van der Waals surface area contributed by atoms with Gasteiger partial charge in [0.1, 0.15) is 5.52 Å². The van der Waals surface area contributed by atoms with E-state index in [1.54, 1.807) is 0 Å². The second-order valence-corrected chi connectivity index (χ2v) is 11.9. The number of aromatic nitrogens is 4. The number of rotatable bonds is 17. The summed E-state index contributed by atoms with van der Waals surface area (Å²) in [6.07, 6.45) is 6.89. The molecule has 42 heavy (non-hydrogen) atoms. The van der Waals surface area contributed by atoms with Crippen LogP contribution in [0, 0.1) is 11.8 Å². The van der Waals surface area contributed by atoms with Crippen molar-refractivity contribution < 1.29 is 4.42 Å². The highest BCUT2D eigenvalue weighted by atomic mass is 16.4. The lowest BCUT2D eigenvalue weighted by Gasteiger charge is -2.28. The van der Waals surface area contributed by atoms with Gasteiger partial charge in [0.2, 0.25) is 17.8 Å². The Bertz CT molecular complexity index is 1310. The quantitative estimate of drug-likeness (QED) is 0.116. The number of nitrogens with zero attached hydrogens (tertiary/aromatic N) is 7. The molecule has 0 N–H and O–H groups in total. The van der Waals surface area contributed by atoms with Gasteiger partial charge >= 0.3 is 6.01 Å². The highest BCUT2D eigenvalue weighted by molar-refractivity contribution is 5.78. The maximum absolute atomic E-state index is 6.30. The highest BCUT2D eigenvalue weighted by Gasteiger charge is 2.25. The summed E-state index contributed by atoms with van der Waals surface area (Å²) in [5.41, 5.74) is 2.41. The van der Waals surface area contributed by atoms with Gasteiger partial charge in [-0.1, -0.05) is 84.2 Å². The molecular weight excluding hydrogens is 522 g/mol. The maximum Gasteiger partial charge on any atom is 0.310 e. The lowest BCUT2D eigenvalue weighted by atomic mass is 10.1. The van der Waals surface area contributed by atoms with Crippen LogP contribution in [0.3, 0.4) is 0 Å². The van der Waals surface area contributed by atoms with Crippen LogP contribution in [-0.4, -0.2) is 46.1 Å². The fraction of sp³-hybridized carbons (Fsp3) is 0.529. The summed E-state index contributed by atoms with van der Waals surface area (Å²) in [4.78, 5) is 26.8. The van der Waals surface area contributed by atoms with Crippen molar-refractivity contribution in [2.24, 2.45) is 11.8 Å². The Balaban J connectivity index is 1.85. The molecule has 2 aromatic heterocycles. The molecule has 8 nitrogen and oxygen atoms in total. The van der Waals surface area contributed by atoms with Gasteiger partial charge in [-0.05, 0) is 62.3 Å². The largest absolute Gasteiger partial charge is 0.423 e. The highest BCUT2D eigenvalue weighted by Crippen LogP contribution is 2.35. The second kappa shape index (κ2) is 15.5. The molecule has 0 bridgehead atoms. The average Bonchev–Trinajstić information content (AvgIpc) is 3.41. The van der Waals surface area contributed by atoms with Crippen LogP contribution in [0.5, 0.6) is 0 Å². The molecule has 0 radical (unpaired) electrons. The molecule has 0 saturated carbocycles. The van der Waals surface area contributed by atoms with Crippen LogP contribution in [0.1, 0.15) is 80.1 Å². The third-order valence-electron chi connectivity index (χ3n) is 7.47. The normalized spacial score (nSPS) is 11.5. The molecule has 0 amide bonds. The third-order valence-corrected chi connectivity index (χ3v) is 7.47. The van der Waals surface area contributed by atoms with E-state index < -0.39 is 0 Å². The predicted molar refractivity (Wildman–Crippen MR) is 175 cm³/mol. The molecule has 0 aliphatic carbocycles. The minimum atomic E-state index is 0.437. The van der Waals surface area contributed by atoms with E-state index in [2.05, 4.69) is 51.3 Å². The van der Waals surface area contributed by atoms with E-state index >= 15 is 0 Å². The Morgan fingerprint density at radius 1 is 0.643 bits per heavy atom. The van der Waals surface area contributed by atoms with Gasteiger partial charge in [0.25, 0.3) is 0 Å². The molecule has 4 rings (SSSR count). The fourth-order valence-electron chi connectivity index (χ4n) is 4.84. The Hall–Kier alpha value is -3.68. The lowest BCUT2D eigenvalue weighted by Crippen LogP contribution is -2.32. The maximum atomic E-state index is 6.30. The SMILES string of the molecule is CCCCCCN(CC)c1nc(N(CCC(C)C)CCC(C)C)nc(N(c2ccccc2)c2nc3ccccc3o2)n1. The standard InChI is InChI=1S/C34H49N7O/c1-7-9-10-16-23-39(8-2)31-36-32(40(24-21-26(3)4)25-22-27(5)6)38-33(37-31)41(28-17-12-11-13-18-28)34-35-29-19-14-15-20-30(29)42-34/h11-15,17-20,26-27H,7-10,16,21-25H2,1-6H3. The molecule has 226 valence electrons. The van der Waals surface area contributed by atoms with Crippen LogP contribution < -0.4 is 14.7 Å². The summed E-state index contributed by atoms with van der Waals surface area (Å²) in [6, 6.07) is 18.4. The second-order valence-electron chi connectivity index (χ2n) is 11.9. The van der Waals surface area contributed by atoms with Gasteiger partial charge in [0.05, 0.1) is 5.69 Å². The van der Waals surface area contributed by atoms with Crippen molar-refractivity contribution in [3.05, 3.63) is 54.6 Å². The summed E-state index contributed by atoms with van der Waals surface area (Å²) >= 11 is 0. The lowest BCUT2D eigenvalue weighted by molar-refractivity contribution is 0.529. The number of anilines is 5. The third kappa shape index (κ3) is 8.43. The monoisotopic (exact) mass is 571 g/mol. The molecule has 2 aromatic carbocycles. The van der Waals surface area contributed by atoms with Crippen molar-refractivity contribution in [2.75, 3.05) is 40.9 Å². The molecule has 2 heterocycles. The summed E-state index contributed by atoms with van der Waals surface area (Å²) in [5.74, 6) is 3.08. The van der Waals surface area contributed by atoms with Crippen LogP contribution >= 0.6 is 0 Å². The zero-order valence-corrected chi connectivity index (χ0v) is 26.5. The molecular formula is C34H49N7O. The van der Waals surface area contributed by atoms with Crippen molar-refractivity contribution in [3.8, 4) is 0 Å². The molecule has 0 unspecified atom stereocenters. The van der Waals surface area contributed by atoms with Crippen molar-refractivity contribution in [1.29, 1.82) is 0 Å². The topological polar surface area (TPSA) is 74.4 Å². The minimum Gasteiger partial charge on any atom is -0.423 e. The van der Waals surface area contributed by atoms with Crippen molar-refractivity contribution >= 4 is 40.6 Å². The first-order chi connectivity index (χ1) is 20.4. The number of unbranched alkanes of at least 4 members (excludes halogenated alkanes) is 3. The van der Waals surface area contributed by atoms with E-state index in [4.69, 9.17) is 24.4 Å². The van der Waals surface area contributed by atoms with Gasteiger partial charge in [-0.25, -0.2) is 4.90 Å². The van der Waals surface area contributed by atoms with Gasteiger partial charge < -0.3 is 14.2 Å². The van der Waals surface area contributed by atoms with E-state index in [0.29, 0.717) is 35.7 Å². The fourth-order valence-corrected chi connectivity index (χ4v) is 4.84. The molecule has 0 atom stereocenters. The molecule has 0 fully saturated rings. The van der Waals surface area contributed by atoms with Crippen LogP contribution in [0.4, 0.5) is 29.5 Å². The summed E-state index contributed by atoms with van der Waals surface area (Å²) in [6.45, 7) is 17.0. The van der Waals surface area contributed by atoms with Crippen LogP contribution in [0.15, 0.2) is 59.0 Å². The van der Waals surface area contributed by atoms with Crippen LogP contribution in [-0.2, 0) is 0 Å². The number of hydrogen-bond donors (Lipinski definition) is 0. The molecule has 0 aliphatic heterocycles. The molecule has 4 aromatic rings. The molecule has 0 spiro atoms. The first kappa shape index (κ1) is 31.3. The number of fused-ring (bicyclic) bond motifs is 1. The van der Waals surface area contributed by atoms with E-state index in [-0.39, 0.29) is 0 Å². The molecule has 8 heteroatoms. The zero-order valence-electron chi connectivity index (χ0n) is 26.5. The van der Waals surface area contributed by atoms with Gasteiger partial charge in [-0.15, -0.1) is 0 Å². The Labute approximate surface area is 252 Å². The number of benzene rings is 2. The summed E-state index contributed by atoms with van der Waals surface area (Å²) in [5, 5.41) is 0. The van der Waals surface area contributed by atoms with Gasteiger partial charge in [-0.2, -0.15) is 19.9 Å². The Morgan fingerprint density at radius 3 is 1.88 bits per heavy atom. The first-order valence-corrected chi connectivity index (χ1v) is 15.9.